The number of hydrogen-bond acceptors (Lipinski definition) is 6. The fourth-order valence-corrected chi connectivity index (χ4v) is 1.53. The Morgan fingerprint density at radius 3 is 2.83 bits per heavy atom. The van der Waals surface area contributed by atoms with E-state index < -0.39 is 5.97 Å². The Balaban J connectivity index is 2.26. The van der Waals surface area contributed by atoms with Gasteiger partial charge in [-0.3, -0.25) is 4.57 Å². The van der Waals surface area contributed by atoms with Crippen LogP contribution in [0.4, 0.5) is 0 Å². The van der Waals surface area contributed by atoms with Crippen LogP contribution in [-0.2, 0) is 11.3 Å². The van der Waals surface area contributed by atoms with Crippen molar-refractivity contribution in [1.82, 2.24) is 19.7 Å². The molecule has 0 bridgehead atoms. The van der Waals surface area contributed by atoms with Crippen molar-refractivity contribution in [3.8, 4) is 0 Å². The van der Waals surface area contributed by atoms with Crippen molar-refractivity contribution in [2.75, 3.05) is 6.61 Å². The van der Waals surface area contributed by atoms with E-state index in [-0.39, 0.29) is 5.82 Å². The number of nitrogens with zero attached hydrogens (tertiary/aromatic N) is 4. The van der Waals surface area contributed by atoms with E-state index in [1.807, 2.05) is 6.92 Å². The molecule has 0 saturated heterocycles. The molecule has 2 rings (SSSR count). The van der Waals surface area contributed by atoms with Crippen molar-refractivity contribution in [2.45, 2.75) is 27.3 Å². The van der Waals surface area contributed by atoms with Gasteiger partial charge < -0.3 is 9.15 Å². The Bertz CT molecular complexity index is 558. The molecule has 96 valence electrons. The summed E-state index contributed by atoms with van der Waals surface area (Å²) in [5.74, 6) is 1.48. The lowest BCUT2D eigenvalue weighted by Crippen LogP contribution is -2.15. The van der Waals surface area contributed by atoms with Gasteiger partial charge in [0.1, 0.15) is 18.1 Å². The summed E-state index contributed by atoms with van der Waals surface area (Å²) in [5, 5.41) is 7.67. The zero-order valence-corrected chi connectivity index (χ0v) is 10.5. The minimum Gasteiger partial charge on any atom is -0.460 e. The van der Waals surface area contributed by atoms with Gasteiger partial charge in [-0.2, -0.15) is 0 Å². The Kier molecular flexibility index (Phi) is 3.40. The van der Waals surface area contributed by atoms with Crippen molar-refractivity contribution < 1.29 is 13.9 Å². The van der Waals surface area contributed by atoms with Crippen LogP contribution in [-0.4, -0.2) is 32.3 Å². The van der Waals surface area contributed by atoms with Crippen LogP contribution in [0.5, 0.6) is 0 Å². The number of carbonyl (C=O) groups excluding carboxylic acids is 1. The number of rotatable bonds is 4. The van der Waals surface area contributed by atoms with Crippen LogP contribution in [0.1, 0.15) is 35.0 Å². The highest BCUT2D eigenvalue weighted by molar-refractivity contribution is 5.85. The Morgan fingerprint density at radius 1 is 1.44 bits per heavy atom. The van der Waals surface area contributed by atoms with Gasteiger partial charge in [0, 0.05) is 0 Å². The molecule has 2 aromatic rings. The quantitative estimate of drug-likeness (QED) is 0.756. The van der Waals surface area contributed by atoms with E-state index in [0.29, 0.717) is 30.6 Å². The van der Waals surface area contributed by atoms with Gasteiger partial charge in [-0.25, -0.2) is 9.78 Å². The van der Waals surface area contributed by atoms with Crippen LogP contribution in [0.25, 0.3) is 0 Å². The second kappa shape index (κ2) is 4.99. The molecule has 2 heterocycles. The van der Waals surface area contributed by atoms with E-state index in [2.05, 4.69) is 15.2 Å². The van der Waals surface area contributed by atoms with E-state index in [1.54, 1.807) is 24.6 Å². The van der Waals surface area contributed by atoms with Crippen molar-refractivity contribution >= 4 is 5.97 Å². The maximum Gasteiger partial charge on any atom is 0.376 e. The molecule has 0 fully saturated rings. The normalized spacial score (nSPS) is 10.6. The summed E-state index contributed by atoms with van der Waals surface area (Å²) in [6, 6.07) is 0. The molecule has 0 saturated carbocycles. The predicted octanol–water partition coefficient (Wildman–Crippen LogP) is 1.11. The van der Waals surface area contributed by atoms with E-state index in [0.717, 1.165) is 0 Å². The molecule has 0 aliphatic carbocycles. The topological polar surface area (TPSA) is 83.0 Å². The number of esters is 1. The summed E-state index contributed by atoms with van der Waals surface area (Å²) in [6.45, 7) is 5.90. The second-order valence-electron chi connectivity index (χ2n) is 3.74. The first-order valence-electron chi connectivity index (χ1n) is 5.60. The van der Waals surface area contributed by atoms with Gasteiger partial charge >= 0.3 is 5.97 Å². The summed E-state index contributed by atoms with van der Waals surface area (Å²) in [6.07, 6.45) is 1.62. The summed E-state index contributed by atoms with van der Waals surface area (Å²) in [5.41, 5.74) is 0. The number of aromatic nitrogens is 4. The lowest BCUT2D eigenvalue weighted by Gasteiger charge is -2.05. The number of hydrogen-bond donors (Lipinski definition) is 0. The minimum absolute atomic E-state index is 0.158. The van der Waals surface area contributed by atoms with Gasteiger partial charge in [0.15, 0.2) is 0 Å². The van der Waals surface area contributed by atoms with Crippen molar-refractivity contribution in [3.63, 3.8) is 0 Å². The van der Waals surface area contributed by atoms with Gasteiger partial charge in [-0.05, 0) is 20.8 Å². The molecule has 0 spiro atoms. The largest absolute Gasteiger partial charge is 0.460 e. The molecule has 18 heavy (non-hydrogen) atoms. The number of aryl methyl sites for hydroxylation is 2. The average Bonchev–Trinajstić information content (AvgIpc) is 2.88. The van der Waals surface area contributed by atoms with Crippen LogP contribution < -0.4 is 0 Å². The van der Waals surface area contributed by atoms with E-state index in [1.165, 1.54) is 0 Å². The molecule has 0 aliphatic heterocycles. The molecule has 0 N–H and O–H groups in total. The van der Waals surface area contributed by atoms with Crippen LogP contribution in [0.15, 0.2) is 10.6 Å². The maximum atomic E-state index is 11.7. The first-order chi connectivity index (χ1) is 8.61. The van der Waals surface area contributed by atoms with Crippen LogP contribution in [0.2, 0.25) is 0 Å². The molecule has 7 nitrogen and oxygen atoms in total. The second-order valence-corrected chi connectivity index (χ2v) is 3.74. The maximum absolute atomic E-state index is 11.7. The van der Waals surface area contributed by atoms with Gasteiger partial charge in [0.05, 0.1) is 12.8 Å². The fraction of sp³-hybridized carbons (Fsp3) is 0.455. The van der Waals surface area contributed by atoms with Crippen LogP contribution >= 0.6 is 0 Å². The molecule has 0 amide bonds. The Hall–Kier alpha value is -2.18. The van der Waals surface area contributed by atoms with Gasteiger partial charge in [-0.15, -0.1) is 10.2 Å². The third-order valence-corrected chi connectivity index (χ3v) is 2.36. The SMILES string of the molecule is CCOC(=O)c1nnc(C)n1Cc1ncc(C)o1. The predicted molar refractivity (Wildman–Crippen MR) is 61.1 cm³/mol. The van der Waals surface area contributed by atoms with E-state index in [4.69, 9.17) is 9.15 Å². The smallest absolute Gasteiger partial charge is 0.376 e. The van der Waals surface area contributed by atoms with Gasteiger partial charge in [0.25, 0.3) is 0 Å². The molecule has 2 aromatic heterocycles. The fourth-order valence-electron chi connectivity index (χ4n) is 1.53. The lowest BCUT2D eigenvalue weighted by atomic mass is 10.5. The highest BCUT2D eigenvalue weighted by atomic mass is 16.5. The van der Waals surface area contributed by atoms with Gasteiger partial charge in [-0.1, -0.05) is 0 Å². The van der Waals surface area contributed by atoms with Crippen molar-refractivity contribution in [3.05, 3.63) is 29.5 Å². The lowest BCUT2D eigenvalue weighted by molar-refractivity contribution is 0.0506. The number of carbonyl (C=O) groups is 1. The molecule has 0 aromatic carbocycles. The minimum atomic E-state index is -0.499. The first-order valence-corrected chi connectivity index (χ1v) is 5.60. The number of oxazole rings is 1. The Morgan fingerprint density at radius 2 is 2.22 bits per heavy atom. The summed E-state index contributed by atoms with van der Waals surface area (Å²) in [4.78, 5) is 15.8. The Labute approximate surface area is 104 Å². The zero-order valence-electron chi connectivity index (χ0n) is 10.5. The molecule has 0 aliphatic rings. The van der Waals surface area contributed by atoms with Crippen molar-refractivity contribution in [2.24, 2.45) is 0 Å². The first kappa shape index (κ1) is 12.3. The van der Waals surface area contributed by atoms with Crippen LogP contribution in [0, 0.1) is 13.8 Å². The van der Waals surface area contributed by atoms with Gasteiger partial charge in [0.2, 0.25) is 11.7 Å². The van der Waals surface area contributed by atoms with Crippen LogP contribution in [0.3, 0.4) is 0 Å². The summed E-state index contributed by atoms with van der Waals surface area (Å²) >= 11 is 0. The molecule has 7 heteroatoms. The van der Waals surface area contributed by atoms with Crippen molar-refractivity contribution in [1.29, 1.82) is 0 Å². The molecule has 0 radical (unpaired) electrons. The number of ether oxygens (including phenoxy) is 1. The molecular weight excluding hydrogens is 236 g/mol. The molecule has 0 unspecified atom stereocenters. The van der Waals surface area contributed by atoms with E-state index >= 15 is 0 Å². The average molecular weight is 250 g/mol. The monoisotopic (exact) mass is 250 g/mol. The highest BCUT2D eigenvalue weighted by Crippen LogP contribution is 2.09. The molecular formula is C11H14N4O3. The summed E-state index contributed by atoms with van der Waals surface area (Å²) in [7, 11) is 0. The third-order valence-electron chi connectivity index (χ3n) is 2.36. The summed E-state index contributed by atoms with van der Waals surface area (Å²) < 4.78 is 11.9. The third kappa shape index (κ3) is 2.39. The van der Waals surface area contributed by atoms with E-state index in [9.17, 15) is 4.79 Å². The zero-order chi connectivity index (χ0) is 13.1. The molecule has 0 atom stereocenters. The highest BCUT2D eigenvalue weighted by Gasteiger charge is 2.19. The standard InChI is InChI=1S/C11H14N4O3/c1-4-17-11(16)10-14-13-8(3)15(10)6-9-12-5-7(2)18-9/h5H,4,6H2,1-3H3.